The molecule has 6 heteroatoms. The number of aromatic nitrogens is 2. The number of anilines is 2. The van der Waals surface area contributed by atoms with E-state index < -0.39 is 0 Å². The van der Waals surface area contributed by atoms with Gasteiger partial charge in [-0.05, 0) is 51.8 Å². The summed E-state index contributed by atoms with van der Waals surface area (Å²) < 4.78 is 0. The molecule has 0 unspecified atom stereocenters. The number of thioether (sulfide) groups is 1. The molecule has 1 aliphatic heterocycles. The Kier molecular flexibility index (Phi) is 8.52. The second-order valence-corrected chi connectivity index (χ2v) is 8.97. The Morgan fingerprint density at radius 3 is 2.48 bits per heavy atom. The predicted octanol–water partition coefficient (Wildman–Crippen LogP) is 3.83. The van der Waals surface area contributed by atoms with Crippen LogP contribution in [0.2, 0.25) is 0 Å². The molecular weight excluding hydrogens is 354 g/mol. The smallest absolute Gasteiger partial charge is 0.224 e. The molecular formula is C21H37N5S. The van der Waals surface area contributed by atoms with Gasteiger partial charge >= 0.3 is 0 Å². The first-order chi connectivity index (χ1) is 13.3. The molecule has 0 spiro atoms. The van der Waals surface area contributed by atoms with E-state index in [-0.39, 0.29) is 0 Å². The summed E-state index contributed by atoms with van der Waals surface area (Å²) in [6.07, 6.45) is 13.6. The topological polar surface area (TPSA) is 44.3 Å². The molecule has 0 amide bonds. The van der Waals surface area contributed by atoms with Crippen LogP contribution in [-0.4, -0.2) is 66.6 Å². The van der Waals surface area contributed by atoms with E-state index in [1.807, 2.05) is 11.8 Å². The molecule has 2 aliphatic rings. The normalized spacial score (nSPS) is 18.1. The first-order valence-electron chi connectivity index (χ1n) is 10.8. The van der Waals surface area contributed by atoms with Crippen LogP contribution in [0.25, 0.3) is 0 Å². The number of nitrogens with zero attached hydrogens (tertiary/aromatic N) is 4. The molecule has 0 bridgehead atoms. The molecule has 5 nitrogen and oxygen atoms in total. The van der Waals surface area contributed by atoms with Gasteiger partial charge < -0.3 is 15.1 Å². The Morgan fingerprint density at radius 2 is 1.70 bits per heavy atom. The Labute approximate surface area is 169 Å². The van der Waals surface area contributed by atoms with Crippen molar-refractivity contribution < 1.29 is 0 Å². The van der Waals surface area contributed by atoms with Gasteiger partial charge in [-0.2, -0.15) is 16.7 Å². The molecule has 1 aromatic heterocycles. The lowest BCUT2D eigenvalue weighted by molar-refractivity contribution is 0.370. The molecule has 1 saturated heterocycles. The Bertz CT molecular complexity index is 572. The van der Waals surface area contributed by atoms with E-state index in [0.717, 1.165) is 51.5 Å². The highest BCUT2D eigenvalue weighted by Gasteiger charge is 2.21. The van der Waals surface area contributed by atoms with Gasteiger partial charge in [0.25, 0.3) is 0 Å². The maximum absolute atomic E-state index is 5.03. The number of aryl methyl sites for hydroxylation is 1. The molecule has 3 rings (SSSR count). The molecule has 1 aromatic rings. The summed E-state index contributed by atoms with van der Waals surface area (Å²) in [5.41, 5.74) is 2.75. The zero-order valence-corrected chi connectivity index (χ0v) is 18.1. The fourth-order valence-corrected chi connectivity index (χ4v) is 4.59. The quantitative estimate of drug-likeness (QED) is 0.680. The summed E-state index contributed by atoms with van der Waals surface area (Å²) in [6, 6.07) is 0. The standard InChI is InChI=1S/C21H37N5S/c1-25(16-17-27-2)15-12-22-21-23-19-11-7-5-6-10-18(19)20(24-21)26-13-8-3-4-9-14-26/h3-17H2,1-2H3,(H,22,23,24). The van der Waals surface area contributed by atoms with Crippen molar-refractivity contribution in [2.24, 2.45) is 0 Å². The summed E-state index contributed by atoms with van der Waals surface area (Å²) in [4.78, 5) is 14.9. The molecule has 152 valence electrons. The third-order valence-electron chi connectivity index (χ3n) is 5.77. The van der Waals surface area contributed by atoms with Crippen molar-refractivity contribution in [3.63, 3.8) is 0 Å². The van der Waals surface area contributed by atoms with Gasteiger partial charge in [-0.15, -0.1) is 0 Å². The largest absolute Gasteiger partial charge is 0.356 e. The second kappa shape index (κ2) is 11.1. The van der Waals surface area contributed by atoms with Crippen LogP contribution in [-0.2, 0) is 12.8 Å². The summed E-state index contributed by atoms with van der Waals surface area (Å²) >= 11 is 1.90. The van der Waals surface area contributed by atoms with Crippen molar-refractivity contribution in [2.45, 2.75) is 57.8 Å². The minimum atomic E-state index is 0.841. The zero-order valence-electron chi connectivity index (χ0n) is 17.3. The molecule has 0 atom stereocenters. The monoisotopic (exact) mass is 391 g/mol. The van der Waals surface area contributed by atoms with Crippen LogP contribution in [0.4, 0.5) is 11.8 Å². The lowest BCUT2D eigenvalue weighted by atomic mass is 10.1. The van der Waals surface area contributed by atoms with Gasteiger partial charge in [0.05, 0.1) is 5.69 Å². The van der Waals surface area contributed by atoms with Gasteiger partial charge in [-0.1, -0.05) is 19.3 Å². The minimum absolute atomic E-state index is 0.841. The number of hydrogen-bond donors (Lipinski definition) is 1. The Morgan fingerprint density at radius 1 is 0.963 bits per heavy atom. The van der Waals surface area contributed by atoms with Gasteiger partial charge in [0.2, 0.25) is 5.95 Å². The van der Waals surface area contributed by atoms with Crippen LogP contribution in [0.15, 0.2) is 0 Å². The predicted molar refractivity (Wildman–Crippen MR) is 118 cm³/mol. The van der Waals surface area contributed by atoms with Crippen molar-refractivity contribution in [3.05, 3.63) is 11.3 Å². The summed E-state index contributed by atoms with van der Waals surface area (Å²) in [6.45, 7) is 5.37. The molecule has 0 radical (unpaired) electrons. The van der Waals surface area contributed by atoms with E-state index in [2.05, 4.69) is 28.4 Å². The van der Waals surface area contributed by atoms with Crippen LogP contribution in [0.1, 0.15) is 56.2 Å². The lowest BCUT2D eigenvalue weighted by Crippen LogP contribution is -2.29. The van der Waals surface area contributed by atoms with Gasteiger partial charge in [-0.25, -0.2) is 4.98 Å². The first kappa shape index (κ1) is 20.7. The molecule has 1 N–H and O–H groups in total. The fraction of sp³-hybridized carbons (Fsp3) is 0.810. The second-order valence-electron chi connectivity index (χ2n) is 7.98. The Balaban J connectivity index is 1.72. The van der Waals surface area contributed by atoms with Crippen molar-refractivity contribution in [3.8, 4) is 0 Å². The summed E-state index contributed by atoms with van der Waals surface area (Å²) in [7, 11) is 2.19. The summed E-state index contributed by atoms with van der Waals surface area (Å²) in [5, 5.41) is 3.52. The highest BCUT2D eigenvalue weighted by molar-refractivity contribution is 7.98. The maximum atomic E-state index is 5.03. The average Bonchev–Trinajstić information content (AvgIpc) is 3.08. The van der Waals surface area contributed by atoms with Crippen molar-refractivity contribution in [1.29, 1.82) is 0 Å². The Hall–Kier alpha value is -1.01. The van der Waals surface area contributed by atoms with E-state index in [9.17, 15) is 0 Å². The number of hydrogen-bond acceptors (Lipinski definition) is 6. The van der Waals surface area contributed by atoms with Crippen molar-refractivity contribution in [1.82, 2.24) is 14.9 Å². The lowest BCUT2D eigenvalue weighted by Gasteiger charge is -2.26. The highest BCUT2D eigenvalue weighted by Crippen LogP contribution is 2.30. The van der Waals surface area contributed by atoms with Crippen LogP contribution in [0.5, 0.6) is 0 Å². The molecule has 1 aliphatic carbocycles. The zero-order chi connectivity index (χ0) is 18.9. The maximum Gasteiger partial charge on any atom is 0.224 e. The number of fused-ring (bicyclic) bond motifs is 1. The van der Waals surface area contributed by atoms with Crippen molar-refractivity contribution >= 4 is 23.5 Å². The number of nitrogens with one attached hydrogen (secondary N) is 1. The van der Waals surface area contributed by atoms with Crippen LogP contribution in [0, 0.1) is 0 Å². The van der Waals surface area contributed by atoms with Gasteiger partial charge in [-0.3, -0.25) is 0 Å². The fourth-order valence-electron chi connectivity index (χ4n) is 4.09. The van der Waals surface area contributed by atoms with Crippen molar-refractivity contribution in [2.75, 3.05) is 62.0 Å². The SMILES string of the molecule is CSCCN(C)CCNc1nc2c(c(N3CCCCCC3)n1)CCCCC2. The number of likely N-dealkylation sites (N-methyl/N-ethyl adjacent to an activating group) is 1. The third kappa shape index (κ3) is 6.24. The van der Waals surface area contributed by atoms with Crippen LogP contribution < -0.4 is 10.2 Å². The number of rotatable bonds is 8. The van der Waals surface area contributed by atoms with E-state index >= 15 is 0 Å². The molecule has 0 aromatic carbocycles. The van der Waals surface area contributed by atoms with E-state index in [1.165, 1.54) is 67.8 Å². The van der Waals surface area contributed by atoms with Gasteiger partial charge in [0.1, 0.15) is 5.82 Å². The molecule has 0 saturated carbocycles. The van der Waals surface area contributed by atoms with Crippen LogP contribution in [0.3, 0.4) is 0 Å². The van der Waals surface area contributed by atoms with Crippen LogP contribution >= 0.6 is 11.8 Å². The molecule has 27 heavy (non-hydrogen) atoms. The molecule has 2 heterocycles. The van der Waals surface area contributed by atoms with E-state index in [1.54, 1.807) is 0 Å². The van der Waals surface area contributed by atoms with Gasteiger partial charge in [0, 0.05) is 44.0 Å². The third-order valence-corrected chi connectivity index (χ3v) is 6.36. The molecule has 1 fully saturated rings. The first-order valence-corrected chi connectivity index (χ1v) is 12.2. The summed E-state index contributed by atoms with van der Waals surface area (Å²) in [5.74, 6) is 3.26. The highest BCUT2D eigenvalue weighted by atomic mass is 32.2. The minimum Gasteiger partial charge on any atom is -0.356 e. The van der Waals surface area contributed by atoms with E-state index in [4.69, 9.17) is 9.97 Å². The van der Waals surface area contributed by atoms with E-state index in [0.29, 0.717) is 0 Å². The average molecular weight is 392 g/mol. The van der Waals surface area contributed by atoms with Gasteiger partial charge in [0.15, 0.2) is 0 Å².